The summed E-state index contributed by atoms with van der Waals surface area (Å²) in [6.45, 7) is 0. The summed E-state index contributed by atoms with van der Waals surface area (Å²) in [5.74, 6) is -0.112. The average Bonchev–Trinajstić information content (AvgIpc) is 2.16. The number of hydrogen-bond donors (Lipinski definition) is 1. The molecule has 0 unspecified atom stereocenters. The summed E-state index contributed by atoms with van der Waals surface area (Å²) < 4.78 is 18.0. The molecule has 0 fully saturated rings. The van der Waals surface area contributed by atoms with Crippen LogP contribution in [0.15, 0.2) is 18.2 Å². The minimum absolute atomic E-state index is 0.0246. The van der Waals surface area contributed by atoms with Gasteiger partial charge in [0.25, 0.3) is 0 Å². The molecule has 1 N–H and O–H groups in total. The van der Waals surface area contributed by atoms with E-state index in [1.54, 1.807) is 6.07 Å². The van der Waals surface area contributed by atoms with Gasteiger partial charge in [-0.15, -0.1) is 11.6 Å². The third-order valence-corrected chi connectivity index (χ3v) is 2.01. The van der Waals surface area contributed by atoms with Crippen molar-refractivity contribution in [1.82, 2.24) is 0 Å². The lowest BCUT2D eigenvalue weighted by Gasteiger charge is -2.09. The Labute approximate surface area is 80.9 Å². The van der Waals surface area contributed by atoms with Gasteiger partial charge in [-0.25, -0.2) is 4.39 Å². The fraction of sp³-hybridized carbons (Fsp3) is 0.333. The van der Waals surface area contributed by atoms with Gasteiger partial charge in [-0.1, -0.05) is 0 Å². The molecule has 0 bridgehead atoms. The number of alkyl halides is 1. The van der Waals surface area contributed by atoms with Crippen LogP contribution in [0.2, 0.25) is 0 Å². The van der Waals surface area contributed by atoms with E-state index in [1.165, 1.54) is 19.2 Å². The highest BCUT2D eigenvalue weighted by atomic mass is 35.5. The van der Waals surface area contributed by atoms with Gasteiger partial charge < -0.3 is 9.84 Å². The van der Waals surface area contributed by atoms with E-state index in [9.17, 15) is 9.50 Å². The molecule has 2 nitrogen and oxygen atoms in total. The maximum atomic E-state index is 13.2. The summed E-state index contributed by atoms with van der Waals surface area (Å²) in [5, 5.41) is 9.26. The molecule has 0 aliphatic carbocycles. The van der Waals surface area contributed by atoms with Crippen molar-refractivity contribution in [2.75, 3.05) is 13.0 Å². The Balaban J connectivity index is 2.98. The Hall–Kier alpha value is -0.800. The minimum Gasteiger partial charge on any atom is -0.497 e. The SMILES string of the molecule is COc1ccc([C@@H](O)CCl)c(F)c1. The van der Waals surface area contributed by atoms with Gasteiger partial charge in [-0.05, 0) is 12.1 Å². The van der Waals surface area contributed by atoms with Crippen LogP contribution in [0.1, 0.15) is 11.7 Å². The first kappa shape index (κ1) is 10.3. The van der Waals surface area contributed by atoms with Gasteiger partial charge in [0.05, 0.1) is 19.1 Å². The Bertz CT molecular complexity index is 291. The van der Waals surface area contributed by atoms with Gasteiger partial charge in [0.1, 0.15) is 11.6 Å². The van der Waals surface area contributed by atoms with Crippen molar-refractivity contribution in [3.05, 3.63) is 29.6 Å². The Morgan fingerprint density at radius 3 is 2.77 bits per heavy atom. The first-order chi connectivity index (χ1) is 6.19. The van der Waals surface area contributed by atoms with E-state index in [4.69, 9.17) is 16.3 Å². The number of aliphatic hydroxyl groups excluding tert-OH is 1. The number of aliphatic hydroxyl groups is 1. The van der Waals surface area contributed by atoms with Gasteiger partial charge in [-0.3, -0.25) is 0 Å². The highest BCUT2D eigenvalue weighted by molar-refractivity contribution is 6.18. The van der Waals surface area contributed by atoms with E-state index in [0.29, 0.717) is 5.75 Å². The van der Waals surface area contributed by atoms with Crippen LogP contribution in [0.3, 0.4) is 0 Å². The van der Waals surface area contributed by atoms with Crippen molar-refractivity contribution in [3.8, 4) is 5.75 Å². The number of benzene rings is 1. The third-order valence-electron chi connectivity index (χ3n) is 1.71. The van der Waals surface area contributed by atoms with E-state index in [0.717, 1.165) is 0 Å². The first-order valence-corrected chi connectivity index (χ1v) is 4.30. The van der Waals surface area contributed by atoms with E-state index in [-0.39, 0.29) is 11.4 Å². The molecule has 1 atom stereocenters. The molecule has 0 amide bonds. The zero-order chi connectivity index (χ0) is 9.84. The molecule has 4 heteroatoms. The summed E-state index contributed by atoms with van der Waals surface area (Å²) in [6, 6.07) is 4.25. The molecule has 0 aromatic heterocycles. The number of methoxy groups -OCH3 is 1. The second kappa shape index (κ2) is 4.44. The number of ether oxygens (including phenoxy) is 1. The zero-order valence-electron chi connectivity index (χ0n) is 7.13. The van der Waals surface area contributed by atoms with E-state index >= 15 is 0 Å². The van der Waals surface area contributed by atoms with Crippen LogP contribution in [-0.4, -0.2) is 18.1 Å². The second-order valence-corrected chi connectivity index (χ2v) is 2.87. The largest absolute Gasteiger partial charge is 0.497 e. The summed E-state index contributed by atoms with van der Waals surface area (Å²) in [5.41, 5.74) is 0.191. The molecule has 0 aliphatic heterocycles. The van der Waals surface area contributed by atoms with Crippen molar-refractivity contribution >= 4 is 11.6 Å². The molecular weight excluding hydrogens is 195 g/mol. The zero-order valence-corrected chi connectivity index (χ0v) is 7.88. The highest BCUT2D eigenvalue weighted by Gasteiger charge is 2.11. The van der Waals surface area contributed by atoms with Gasteiger partial charge in [0.2, 0.25) is 0 Å². The van der Waals surface area contributed by atoms with Gasteiger partial charge >= 0.3 is 0 Å². The minimum atomic E-state index is -0.965. The molecule has 0 saturated heterocycles. The smallest absolute Gasteiger partial charge is 0.132 e. The maximum absolute atomic E-state index is 13.2. The molecular formula is C9H10ClFO2. The monoisotopic (exact) mass is 204 g/mol. The van der Waals surface area contributed by atoms with Crippen molar-refractivity contribution < 1.29 is 14.2 Å². The summed E-state index contributed by atoms with van der Waals surface area (Å²) in [7, 11) is 1.45. The molecule has 1 rings (SSSR count). The van der Waals surface area contributed by atoms with Crippen molar-refractivity contribution in [2.45, 2.75) is 6.10 Å². The molecule has 1 aromatic rings. The Kier molecular flexibility index (Phi) is 3.51. The fourth-order valence-corrected chi connectivity index (χ4v) is 1.15. The maximum Gasteiger partial charge on any atom is 0.132 e. The molecule has 0 radical (unpaired) electrons. The van der Waals surface area contributed by atoms with Crippen LogP contribution in [0.4, 0.5) is 4.39 Å². The van der Waals surface area contributed by atoms with Crippen molar-refractivity contribution in [1.29, 1.82) is 0 Å². The predicted molar refractivity (Wildman–Crippen MR) is 48.6 cm³/mol. The summed E-state index contributed by atoms with van der Waals surface area (Å²) in [4.78, 5) is 0. The lowest BCUT2D eigenvalue weighted by molar-refractivity contribution is 0.197. The van der Waals surface area contributed by atoms with Crippen molar-refractivity contribution in [2.24, 2.45) is 0 Å². The van der Waals surface area contributed by atoms with Crippen LogP contribution in [0.5, 0.6) is 5.75 Å². The lowest BCUT2D eigenvalue weighted by Crippen LogP contribution is -2.01. The summed E-state index contributed by atoms with van der Waals surface area (Å²) >= 11 is 5.38. The molecule has 0 spiro atoms. The second-order valence-electron chi connectivity index (χ2n) is 2.56. The predicted octanol–water partition coefficient (Wildman–Crippen LogP) is 2.11. The molecule has 72 valence electrons. The van der Waals surface area contributed by atoms with E-state index < -0.39 is 11.9 Å². The third kappa shape index (κ3) is 2.32. The van der Waals surface area contributed by atoms with Crippen LogP contribution in [-0.2, 0) is 0 Å². The standard InChI is InChI=1S/C9H10ClFO2/c1-13-6-2-3-7(8(11)4-6)9(12)5-10/h2-4,9,12H,5H2,1H3/t9-/m0/s1. The molecule has 1 aromatic carbocycles. The van der Waals surface area contributed by atoms with E-state index in [2.05, 4.69) is 0 Å². The van der Waals surface area contributed by atoms with Gasteiger partial charge in [-0.2, -0.15) is 0 Å². The Morgan fingerprint density at radius 1 is 1.62 bits per heavy atom. The molecule has 13 heavy (non-hydrogen) atoms. The van der Waals surface area contributed by atoms with Crippen LogP contribution in [0, 0.1) is 5.82 Å². The van der Waals surface area contributed by atoms with Crippen LogP contribution < -0.4 is 4.74 Å². The number of halogens is 2. The average molecular weight is 205 g/mol. The van der Waals surface area contributed by atoms with E-state index in [1.807, 2.05) is 0 Å². The van der Waals surface area contributed by atoms with Gasteiger partial charge in [0, 0.05) is 11.6 Å². The topological polar surface area (TPSA) is 29.5 Å². The molecule has 0 aliphatic rings. The fourth-order valence-electron chi connectivity index (χ4n) is 0.988. The normalized spacial score (nSPS) is 12.6. The van der Waals surface area contributed by atoms with Gasteiger partial charge in [0.15, 0.2) is 0 Å². The van der Waals surface area contributed by atoms with Crippen molar-refractivity contribution in [3.63, 3.8) is 0 Å². The summed E-state index contributed by atoms with van der Waals surface area (Å²) in [6.07, 6.45) is -0.965. The highest BCUT2D eigenvalue weighted by Crippen LogP contribution is 2.22. The Morgan fingerprint density at radius 2 is 2.31 bits per heavy atom. The molecule has 0 saturated carbocycles. The number of rotatable bonds is 3. The molecule has 0 heterocycles. The lowest BCUT2D eigenvalue weighted by atomic mass is 10.1. The van der Waals surface area contributed by atoms with Crippen LogP contribution in [0.25, 0.3) is 0 Å². The van der Waals surface area contributed by atoms with Crippen LogP contribution >= 0.6 is 11.6 Å². The number of hydrogen-bond acceptors (Lipinski definition) is 2. The quantitative estimate of drug-likeness (QED) is 0.765. The first-order valence-electron chi connectivity index (χ1n) is 3.76.